The van der Waals surface area contributed by atoms with Crippen LogP contribution in [0.4, 0.5) is 8.78 Å². The molecule has 0 amide bonds. The number of piperidine rings is 1. The van der Waals surface area contributed by atoms with Crippen LogP contribution in [-0.4, -0.2) is 63.3 Å². The van der Waals surface area contributed by atoms with E-state index >= 15 is 0 Å². The van der Waals surface area contributed by atoms with Crippen LogP contribution in [0.3, 0.4) is 0 Å². The van der Waals surface area contributed by atoms with E-state index in [4.69, 9.17) is 0 Å². The second-order valence-electron chi connectivity index (χ2n) is 9.46. The van der Waals surface area contributed by atoms with E-state index in [2.05, 4.69) is 22.5 Å². The first-order chi connectivity index (χ1) is 13.1. The SMILES string of the molecule is CC1C=C(S(C)(=O)=O)NCC1N1CCC2NC(C3CCC(F)(F)CC3)CC2C1. The number of hydrogen-bond donors (Lipinski definition) is 2. The Morgan fingerprint density at radius 3 is 2.50 bits per heavy atom. The number of fused-ring (bicyclic) bond motifs is 1. The molecule has 0 spiro atoms. The Hall–Kier alpha value is -0.730. The topological polar surface area (TPSA) is 61.4 Å². The minimum absolute atomic E-state index is 0.0393. The van der Waals surface area contributed by atoms with Crippen LogP contribution in [-0.2, 0) is 9.84 Å². The van der Waals surface area contributed by atoms with Gasteiger partial charge in [-0.2, -0.15) is 0 Å². The van der Waals surface area contributed by atoms with Crippen molar-refractivity contribution < 1.29 is 17.2 Å². The standard InChI is InChI=1S/C20H33F2N3O2S/c1-13-9-19(28(2,26)27)23-11-18(13)25-8-5-16-15(12-25)10-17(24-16)14-3-6-20(21,22)7-4-14/h9,13-18,23-24H,3-8,10-12H2,1-2H3. The van der Waals surface area contributed by atoms with Gasteiger partial charge in [-0.3, -0.25) is 4.90 Å². The Labute approximate surface area is 167 Å². The van der Waals surface area contributed by atoms with Crippen LogP contribution in [0.15, 0.2) is 11.1 Å². The van der Waals surface area contributed by atoms with Crippen molar-refractivity contribution >= 4 is 9.84 Å². The molecule has 3 heterocycles. The van der Waals surface area contributed by atoms with Crippen LogP contribution in [0.2, 0.25) is 0 Å². The maximum absolute atomic E-state index is 13.5. The van der Waals surface area contributed by atoms with Gasteiger partial charge in [0, 0.05) is 56.9 Å². The third-order valence-corrected chi connectivity index (χ3v) is 8.54. The number of likely N-dealkylation sites (tertiary alicyclic amines) is 1. The van der Waals surface area contributed by atoms with Gasteiger partial charge in [-0.25, -0.2) is 17.2 Å². The van der Waals surface area contributed by atoms with Gasteiger partial charge in [-0.05, 0) is 49.5 Å². The van der Waals surface area contributed by atoms with Crippen molar-refractivity contribution in [3.8, 4) is 0 Å². The van der Waals surface area contributed by atoms with Gasteiger partial charge in [0.1, 0.15) is 5.03 Å². The van der Waals surface area contributed by atoms with Crippen molar-refractivity contribution in [3.63, 3.8) is 0 Å². The molecule has 3 aliphatic heterocycles. The second-order valence-corrected chi connectivity index (χ2v) is 11.4. The van der Waals surface area contributed by atoms with Crippen molar-refractivity contribution in [2.24, 2.45) is 17.8 Å². The lowest BCUT2D eigenvalue weighted by Crippen LogP contribution is -2.55. The molecule has 0 radical (unpaired) electrons. The summed E-state index contributed by atoms with van der Waals surface area (Å²) in [5.74, 6) is -1.32. The van der Waals surface area contributed by atoms with Crippen molar-refractivity contribution in [2.75, 3.05) is 25.9 Å². The van der Waals surface area contributed by atoms with Gasteiger partial charge in [0.25, 0.3) is 0 Å². The lowest BCUT2D eigenvalue weighted by molar-refractivity contribution is -0.0490. The molecule has 2 N–H and O–H groups in total. The van der Waals surface area contributed by atoms with E-state index in [1.165, 1.54) is 6.26 Å². The molecule has 28 heavy (non-hydrogen) atoms. The highest BCUT2D eigenvalue weighted by Gasteiger charge is 2.45. The molecule has 160 valence electrons. The van der Waals surface area contributed by atoms with Crippen molar-refractivity contribution in [2.45, 2.75) is 69.5 Å². The number of hydrogen-bond acceptors (Lipinski definition) is 5. The number of alkyl halides is 2. The normalized spacial score (nSPS) is 39.9. The zero-order chi connectivity index (χ0) is 20.1. The summed E-state index contributed by atoms with van der Waals surface area (Å²) >= 11 is 0. The van der Waals surface area contributed by atoms with Crippen LogP contribution < -0.4 is 10.6 Å². The van der Waals surface area contributed by atoms with E-state index in [-0.39, 0.29) is 18.8 Å². The largest absolute Gasteiger partial charge is 0.374 e. The first-order valence-corrected chi connectivity index (χ1v) is 12.6. The average Bonchev–Trinajstić information content (AvgIpc) is 3.03. The Kier molecular flexibility index (Phi) is 5.51. The van der Waals surface area contributed by atoms with Gasteiger partial charge in [0.2, 0.25) is 5.92 Å². The van der Waals surface area contributed by atoms with Crippen LogP contribution in [0.1, 0.15) is 45.4 Å². The monoisotopic (exact) mass is 417 g/mol. The van der Waals surface area contributed by atoms with Crippen LogP contribution in [0, 0.1) is 17.8 Å². The molecule has 4 aliphatic rings. The van der Waals surface area contributed by atoms with E-state index in [1.54, 1.807) is 0 Å². The number of nitrogens with zero attached hydrogens (tertiary/aromatic N) is 1. The average molecular weight is 418 g/mol. The molecule has 0 aromatic rings. The summed E-state index contributed by atoms with van der Waals surface area (Å²) in [6.07, 6.45) is 6.61. The molecule has 4 rings (SSSR count). The van der Waals surface area contributed by atoms with Gasteiger partial charge >= 0.3 is 0 Å². The van der Waals surface area contributed by atoms with Gasteiger partial charge in [0.15, 0.2) is 9.84 Å². The Morgan fingerprint density at radius 1 is 1.14 bits per heavy atom. The Morgan fingerprint density at radius 2 is 1.86 bits per heavy atom. The summed E-state index contributed by atoms with van der Waals surface area (Å²) in [5.41, 5.74) is 0. The molecular formula is C20H33F2N3O2S. The molecule has 8 heteroatoms. The summed E-state index contributed by atoms with van der Waals surface area (Å²) in [5, 5.41) is 7.23. The summed E-state index contributed by atoms with van der Waals surface area (Å²) in [4.78, 5) is 2.51. The van der Waals surface area contributed by atoms with E-state index in [0.29, 0.717) is 54.4 Å². The number of sulfone groups is 1. The fourth-order valence-electron chi connectivity index (χ4n) is 5.80. The molecule has 3 fully saturated rings. The first kappa shape index (κ1) is 20.5. The molecule has 5 atom stereocenters. The maximum Gasteiger partial charge on any atom is 0.248 e. The summed E-state index contributed by atoms with van der Waals surface area (Å²) < 4.78 is 50.5. The van der Waals surface area contributed by atoms with Gasteiger partial charge in [0.05, 0.1) is 0 Å². The van der Waals surface area contributed by atoms with Crippen molar-refractivity contribution in [1.29, 1.82) is 0 Å². The van der Waals surface area contributed by atoms with Crippen LogP contribution in [0.25, 0.3) is 0 Å². The quantitative estimate of drug-likeness (QED) is 0.738. The fraction of sp³-hybridized carbons (Fsp3) is 0.900. The van der Waals surface area contributed by atoms with Crippen LogP contribution in [0.5, 0.6) is 0 Å². The fourth-order valence-corrected chi connectivity index (χ4v) is 6.61. The van der Waals surface area contributed by atoms with E-state index in [0.717, 1.165) is 25.9 Å². The number of rotatable bonds is 3. The Balaban J connectivity index is 1.35. The van der Waals surface area contributed by atoms with E-state index in [1.807, 2.05) is 6.08 Å². The molecule has 5 unspecified atom stereocenters. The Bertz CT molecular complexity index is 717. The van der Waals surface area contributed by atoms with E-state index < -0.39 is 15.8 Å². The molecule has 1 aliphatic carbocycles. The van der Waals surface area contributed by atoms with Gasteiger partial charge < -0.3 is 10.6 Å². The second kappa shape index (κ2) is 7.51. The number of nitrogens with one attached hydrogen (secondary N) is 2. The third kappa shape index (κ3) is 4.24. The zero-order valence-electron chi connectivity index (χ0n) is 16.8. The first-order valence-electron chi connectivity index (χ1n) is 10.7. The molecule has 1 saturated carbocycles. The summed E-state index contributed by atoms with van der Waals surface area (Å²) in [6.45, 7) is 4.77. The van der Waals surface area contributed by atoms with Crippen LogP contribution >= 0.6 is 0 Å². The van der Waals surface area contributed by atoms with Crippen molar-refractivity contribution in [3.05, 3.63) is 11.1 Å². The highest BCUT2D eigenvalue weighted by Crippen LogP contribution is 2.41. The zero-order valence-corrected chi connectivity index (χ0v) is 17.6. The van der Waals surface area contributed by atoms with Crippen molar-refractivity contribution in [1.82, 2.24) is 15.5 Å². The molecule has 2 saturated heterocycles. The highest BCUT2D eigenvalue weighted by atomic mass is 32.2. The molecular weight excluding hydrogens is 384 g/mol. The molecule has 0 aromatic heterocycles. The minimum atomic E-state index is -3.19. The number of halogens is 2. The predicted octanol–water partition coefficient (Wildman–Crippen LogP) is 2.36. The summed E-state index contributed by atoms with van der Waals surface area (Å²) in [6, 6.07) is 1.18. The van der Waals surface area contributed by atoms with Gasteiger partial charge in [-0.1, -0.05) is 6.92 Å². The summed E-state index contributed by atoms with van der Waals surface area (Å²) in [7, 11) is -3.19. The maximum atomic E-state index is 13.5. The van der Waals surface area contributed by atoms with E-state index in [9.17, 15) is 17.2 Å². The minimum Gasteiger partial charge on any atom is -0.374 e. The molecule has 0 aromatic carbocycles. The predicted molar refractivity (Wildman–Crippen MR) is 106 cm³/mol. The highest BCUT2D eigenvalue weighted by molar-refractivity contribution is 7.94. The smallest absolute Gasteiger partial charge is 0.248 e. The lowest BCUT2D eigenvalue weighted by atomic mass is 9.80. The molecule has 0 bridgehead atoms. The lowest BCUT2D eigenvalue weighted by Gasteiger charge is -2.43. The third-order valence-electron chi connectivity index (χ3n) is 7.46. The molecule has 5 nitrogen and oxygen atoms in total. The van der Waals surface area contributed by atoms with Gasteiger partial charge in [-0.15, -0.1) is 0 Å².